The third-order valence-electron chi connectivity index (χ3n) is 4.46. The first-order chi connectivity index (χ1) is 10.0. The molecule has 2 N–H and O–H groups in total. The largest absolute Gasteiger partial charge is 0.496 e. The molecular formula is C17H26N2O2. The summed E-state index contributed by atoms with van der Waals surface area (Å²) in [7, 11) is 1.68. The van der Waals surface area contributed by atoms with Gasteiger partial charge in [-0.2, -0.15) is 0 Å². The third kappa shape index (κ3) is 4.05. The molecule has 116 valence electrons. The van der Waals surface area contributed by atoms with E-state index in [0.717, 1.165) is 49.4 Å². The SMILES string of the molecule is COc1ccc(C(C)=O)cc1CN1CCC(C(C)N)CC1. The Hall–Kier alpha value is -1.39. The van der Waals surface area contributed by atoms with Gasteiger partial charge in [0.1, 0.15) is 5.75 Å². The van der Waals surface area contributed by atoms with E-state index in [0.29, 0.717) is 5.92 Å². The van der Waals surface area contributed by atoms with Crippen LogP contribution in [0.25, 0.3) is 0 Å². The van der Waals surface area contributed by atoms with Gasteiger partial charge < -0.3 is 10.5 Å². The summed E-state index contributed by atoms with van der Waals surface area (Å²) in [6.07, 6.45) is 2.29. The summed E-state index contributed by atoms with van der Waals surface area (Å²) >= 11 is 0. The average molecular weight is 290 g/mol. The van der Waals surface area contributed by atoms with Crippen molar-refractivity contribution in [3.8, 4) is 5.75 Å². The van der Waals surface area contributed by atoms with Crippen LogP contribution in [0.5, 0.6) is 5.75 Å². The van der Waals surface area contributed by atoms with E-state index in [1.54, 1.807) is 14.0 Å². The minimum Gasteiger partial charge on any atom is -0.496 e. The van der Waals surface area contributed by atoms with Crippen molar-refractivity contribution < 1.29 is 9.53 Å². The molecule has 1 aliphatic heterocycles. The lowest BCUT2D eigenvalue weighted by molar-refractivity contribution is 0.101. The smallest absolute Gasteiger partial charge is 0.159 e. The van der Waals surface area contributed by atoms with Crippen LogP contribution in [0.3, 0.4) is 0 Å². The summed E-state index contributed by atoms with van der Waals surface area (Å²) in [5.74, 6) is 1.58. The van der Waals surface area contributed by atoms with Gasteiger partial charge in [0.05, 0.1) is 7.11 Å². The number of nitrogens with two attached hydrogens (primary N) is 1. The summed E-state index contributed by atoms with van der Waals surface area (Å²) in [5.41, 5.74) is 7.82. The van der Waals surface area contributed by atoms with E-state index >= 15 is 0 Å². The normalized spacial score (nSPS) is 18.5. The second-order valence-electron chi connectivity index (χ2n) is 6.06. The molecule has 1 fully saturated rings. The molecule has 2 rings (SSSR count). The van der Waals surface area contributed by atoms with Gasteiger partial charge in [0.2, 0.25) is 0 Å². The van der Waals surface area contributed by atoms with Crippen molar-refractivity contribution in [2.75, 3.05) is 20.2 Å². The van der Waals surface area contributed by atoms with Gasteiger partial charge in [-0.3, -0.25) is 9.69 Å². The lowest BCUT2D eigenvalue weighted by Gasteiger charge is -2.34. The highest BCUT2D eigenvalue weighted by Crippen LogP contribution is 2.25. The van der Waals surface area contributed by atoms with Crippen molar-refractivity contribution in [3.63, 3.8) is 0 Å². The van der Waals surface area contributed by atoms with Gasteiger partial charge in [-0.25, -0.2) is 0 Å². The number of piperidine rings is 1. The van der Waals surface area contributed by atoms with E-state index in [4.69, 9.17) is 10.5 Å². The van der Waals surface area contributed by atoms with E-state index in [9.17, 15) is 4.79 Å². The van der Waals surface area contributed by atoms with Crippen LogP contribution in [0.15, 0.2) is 18.2 Å². The Balaban J connectivity index is 2.05. The molecule has 0 spiro atoms. The van der Waals surface area contributed by atoms with E-state index in [-0.39, 0.29) is 11.8 Å². The summed E-state index contributed by atoms with van der Waals surface area (Å²) in [6.45, 7) is 6.63. The fourth-order valence-corrected chi connectivity index (χ4v) is 3.00. The lowest BCUT2D eigenvalue weighted by Crippen LogP contribution is -2.39. The highest BCUT2D eigenvalue weighted by molar-refractivity contribution is 5.94. The zero-order valence-corrected chi connectivity index (χ0v) is 13.3. The standard InChI is InChI=1S/C17H26N2O2/c1-12(18)14-6-8-19(9-7-14)11-16-10-15(13(2)20)4-5-17(16)21-3/h4-5,10,12,14H,6-9,11,18H2,1-3H3. The number of nitrogens with zero attached hydrogens (tertiary/aromatic N) is 1. The fraction of sp³-hybridized carbons (Fsp3) is 0.588. The number of Topliss-reactive ketones (excluding diaryl/α,β-unsaturated/α-hetero) is 1. The van der Waals surface area contributed by atoms with Gasteiger partial charge >= 0.3 is 0 Å². The molecule has 4 heteroatoms. The van der Waals surface area contributed by atoms with E-state index in [1.807, 2.05) is 18.2 Å². The highest BCUT2D eigenvalue weighted by Gasteiger charge is 2.22. The van der Waals surface area contributed by atoms with Crippen LogP contribution in [-0.4, -0.2) is 36.9 Å². The number of carbonyl (C=O) groups is 1. The zero-order chi connectivity index (χ0) is 15.4. The molecule has 0 aliphatic carbocycles. The Bertz CT molecular complexity index is 492. The molecule has 0 radical (unpaired) electrons. The molecule has 0 bridgehead atoms. The van der Waals surface area contributed by atoms with E-state index < -0.39 is 0 Å². The molecule has 0 saturated carbocycles. The van der Waals surface area contributed by atoms with Crippen molar-refractivity contribution in [1.29, 1.82) is 0 Å². The van der Waals surface area contributed by atoms with Gasteiger partial charge in [-0.05, 0) is 63.9 Å². The highest BCUT2D eigenvalue weighted by atomic mass is 16.5. The Kier molecular flexibility index (Phi) is 5.37. The van der Waals surface area contributed by atoms with Crippen LogP contribution in [0.4, 0.5) is 0 Å². The predicted octanol–water partition coefficient (Wildman–Crippen LogP) is 2.46. The van der Waals surface area contributed by atoms with Crippen molar-refractivity contribution in [3.05, 3.63) is 29.3 Å². The minimum atomic E-state index is 0.0922. The molecule has 4 nitrogen and oxygen atoms in total. The topological polar surface area (TPSA) is 55.6 Å². The predicted molar refractivity (Wildman–Crippen MR) is 84.6 cm³/mol. The van der Waals surface area contributed by atoms with Gasteiger partial charge in [0, 0.05) is 23.7 Å². The number of methoxy groups -OCH3 is 1. The third-order valence-corrected chi connectivity index (χ3v) is 4.46. The van der Waals surface area contributed by atoms with Crippen LogP contribution >= 0.6 is 0 Å². The van der Waals surface area contributed by atoms with Crippen molar-refractivity contribution in [2.24, 2.45) is 11.7 Å². The maximum absolute atomic E-state index is 11.5. The molecule has 1 saturated heterocycles. The Labute approximate surface area is 127 Å². The first kappa shape index (κ1) is 16.0. The van der Waals surface area contributed by atoms with Crippen LogP contribution in [-0.2, 0) is 6.54 Å². The molecule has 1 heterocycles. The molecular weight excluding hydrogens is 264 g/mol. The zero-order valence-electron chi connectivity index (χ0n) is 13.3. The molecule has 1 aromatic rings. The molecule has 1 atom stereocenters. The number of hydrogen-bond acceptors (Lipinski definition) is 4. The van der Waals surface area contributed by atoms with E-state index in [2.05, 4.69) is 11.8 Å². The number of ether oxygens (including phenoxy) is 1. The summed E-state index contributed by atoms with van der Waals surface area (Å²) < 4.78 is 5.42. The maximum atomic E-state index is 11.5. The van der Waals surface area contributed by atoms with Gasteiger partial charge in [0.15, 0.2) is 5.78 Å². The Morgan fingerprint density at radius 2 is 2.10 bits per heavy atom. The minimum absolute atomic E-state index is 0.0922. The van der Waals surface area contributed by atoms with Gasteiger partial charge in [-0.15, -0.1) is 0 Å². The molecule has 1 unspecified atom stereocenters. The second-order valence-corrected chi connectivity index (χ2v) is 6.06. The van der Waals surface area contributed by atoms with Gasteiger partial charge in [0.25, 0.3) is 0 Å². The van der Waals surface area contributed by atoms with Crippen LogP contribution in [0.2, 0.25) is 0 Å². The molecule has 1 aliphatic rings. The molecule has 21 heavy (non-hydrogen) atoms. The molecule has 1 aromatic carbocycles. The number of benzene rings is 1. The molecule has 0 aromatic heterocycles. The van der Waals surface area contributed by atoms with Crippen molar-refractivity contribution in [1.82, 2.24) is 4.90 Å². The van der Waals surface area contributed by atoms with Crippen molar-refractivity contribution >= 4 is 5.78 Å². The number of ketones is 1. The average Bonchev–Trinajstić information content (AvgIpc) is 2.47. The van der Waals surface area contributed by atoms with Crippen LogP contribution < -0.4 is 10.5 Å². The number of rotatable bonds is 5. The summed E-state index contributed by atoms with van der Waals surface area (Å²) in [5, 5.41) is 0. The van der Waals surface area contributed by atoms with Crippen LogP contribution in [0, 0.1) is 5.92 Å². The number of carbonyl (C=O) groups excluding carboxylic acids is 1. The number of likely N-dealkylation sites (tertiary alicyclic amines) is 1. The molecule has 0 amide bonds. The number of hydrogen-bond donors (Lipinski definition) is 1. The first-order valence-electron chi connectivity index (χ1n) is 7.67. The second kappa shape index (κ2) is 7.05. The Morgan fingerprint density at radius 1 is 1.43 bits per heavy atom. The first-order valence-corrected chi connectivity index (χ1v) is 7.67. The quantitative estimate of drug-likeness (QED) is 0.846. The van der Waals surface area contributed by atoms with E-state index in [1.165, 1.54) is 0 Å². The van der Waals surface area contributed by atoms with Gasteiger partial charge in [-0.1, -0.05) is 0 Å². The lowest BCUT2D eigenvalue weighted by atomic mass is 9.90. The Morgan fingerprint density at radius 3 is 2.62 bits per heavy atom. The maximum Gasteiger partial charge on any atom is 0.159 e. The van der Waals surface area contributed by atoms with Crippen LogP contribution in [0.1, 0.15) is 42.6 Å². The monoisotopic (exact) mass is 290 g/mol. The summed E-state index contributed by atoms with van der Waals surface area (Å²) in [6, 6.07) is 5.95. The fourth-order valence-electron chi connectivity index (χ4n) is 3.00. The van der Waals surface area contributed by atoms with Crippen molar-refractivity contribution in [2.45, 2.75) is 39.3 Å². The summed E-state index contributed by atoms with van der Waals surface area (Å²) in [4.78, 5) is 14.0.